The lowest BCUT2D eigenvalue weighted by molar-refractivity contribution is 0.670. The molecule has 0 aliphatic rings. The Bertz CT molecular complexity index is 3910. The third-order valence-electron chi connectivity index (χ3n) is 12.4. The number of hydrogen-bond donors (Lipinski definition) is 0. The average Bonchev–Trinajstić information content (AvgIpc) is 3.92. The van der Waals surface area contributed by atoms with Crippen molar-refractivity contribution in [2.45, 2.75) is 0 Å². The van der Waals surface area contributed by atoms with E-state index in [0.29, 0.717) is 17.6 Å². The molecular formula is C57H34N4O. The third-order valence-corrected chi connectivity index (χ3v) is 12.4. The number of para-hydroxylation sites is 2. The largest absolute Gasteiger partial charge is 0.455 e. The zero-order valence-corrected chi connectivity index (χ0v) is 33.3. The average molecular weight is 791 g/mol. The molecule has 0 fully saturated rings. The Hall–Kier alpha value is -8.41. The Kier molecular flexibility index (Phi) is 7.54. The highest BCUT2D eigenvalue weighted by molar-refractivity contribution is 6.33. The quantitative estimate of drug-likeness (QED) is 0.163. The molecule has 0 amide bonds. The first-order valence-corrected chi connectivity index (χ1v) is 20.9. The second-order valence-electron chi connectivity index (χ2n) is 15.9. The second kappa shape index (κ2) is 13.6. The fourth-order valence-corrected chi connectivity index (χ4v) is 9.68. The molecular weight excluding hydrogens is 757 g/mol. The van der Waals surface area contributed by atoms with Gasteiger partial charge in [0.15, 0.2) is 11.6 Å². The molecule has 3 aromatic heterocycles. The topological polar surface area (TPSA) is 56.7 Å². The fourth-order valence-electron chi connectivity index (χ4n) is 9.68. The lowest BCUT2D eigenvalue weighted by atomic mass is 9.95. The van der Waals surface area contributed by atoms with Crippen LogP contribution in [0.3, 0.4) is 0 Å². The van der Waals surface area contributed by atoms with Gasteiger partial charge in [0, 0.05) is 49.2 Å². The van der Waals surface area contributed by atoms with Crippen molar-refractivity contribution < 1.29 is 4.42 Å². The molecule has 0 atom stereocenters. The Labute approximate surface area is 355 Å². The molecule has 13 aromatic rings. The fraction of sp³-hybridized carbons (Fsp3) is 0. The molecule has 62 heavy (non-hydrogen) atoms. The van der Waals surface area contributed by atoms with Crippen LogP contribution in [0.25, 0.3) is 127 Å². The van der Waals surface area contributed by atoms with Gasteiger partial charge in [0.2, 0.25) is 5.95 Å². The number of benzene rings is 10. The normalized spacial score (nSPS) is 11.9. The van der Waals surface area contributed by atoms with Crippen molar-refractivity contribution in [2.24, 2.45) is 0 Å². The molecule has 288 valence electrons. The molecule has 5 heteroatoms. The van der Waals surface area contributed by atoms with Gasteiger partial charge in [-0.25, -0.2) is 4.98 Å². The minimum atomic E-state index is 0.539. The lowest BCUT2D eigenvalue weighted by Gasteiger charge is -2.14. The smallest absolute Gasteiger partial charge is 0.238 e. The van der Waals surface area contributed by atoms with Crippen LogP contribution in [0.4, 0.5) is 0 Å². The van der Waals surface area contributed by atoms with E-state index in [9.17, 15) is 0 Å². The van der Waals surface area contributed by atoms with Crippen molar-refractivity contribution in [2.75, 3.05) is 0 Å². The molecule has 0 unspecified atom stereocenters. The molecule has 0 saturated heterocycles. The highest BCUT2D eigenvalue weighted by atomic mass is 16.3. The Balaban J connectivity index is 1.17. The van der Waals surface area contributed by atoms with Crippen molar-refractivity contribution >= 4 is 76.1 Å². The number of rotatable bonds is 5. The number of nitrogens with zero attached hydrogens (tertiary/aromatic N) is 4. The summed E-state index contributed by atoms with van der Waals surface area (Å²) in [6.45, 7) is 0. The van der Waals surface area contributed by atoms with E-state index in [-0.39, 0.29) is 0 Å². The van der Waals surface area contributed by atoms with Crippen LogP contribution in [0.1, 0.15) is 0 Å². The van der Waals surface area contributed by atoms with Crippen molar-refractivity contribution in [3.05, 3.63) is 206 Å². The molecule has 0 aliphatic carbocycles. The predicted molar refractivity (Wildman–Crippen MR) is 256 cm³/mol. The summed E-state index contributed by atoms with van der Waals surface area (Å²) in [5.41, 5.74) is 9.88. The van der Waals surface area contributed by atoms with Crippen LogP contribution in [-0.4, -0.2) is 19.5 Å². The number of aromatic nitrogens is 4. The lowest BCUT2D eigenvalue weighted by Crippen LogP contribution is -2.07. The zero-order valence-electron chi connectivity index (χ0n) is 33.3. The molecule has 3 heterocycles. The predicted octanol–water partition coefficient (Wildman–Crippen LogP) is 15.0. The Morgan fingerprint density at radius 1 is 0.323 bits per heavy atom. The summed E-state index contributed by atoms with van der Waals surface area (Å²) in [6.07, 6.45) is 0. The SMILES string of the molecule is c1ccc(-c2ccc(-c3nc(-c4ccccc4)nc(-n4c5c(-c6cccc7c6oc6ccc8ccccc8c67)cccc5c5c6ccccc6c6ccccc6c54)n3)cc2)cc1. The standard InChI is InChI=1S/C57H34N4O/c1-3-15-35(16-4-1)36-29-31-39(32-30-36)56-58-55(38-18-5-2-6-19-38)59-57(60-56)61-52-45(46-26-14-28-48-50-40-20-8-7-17-37(40)33-34-49(50)62-54(46)48)25-13-27-47(52)51-43-23-11-9-21-41(43)42-22-10-12-24-44(42)53(51)61/h1-34H. The van der Waals surface area contributed by atoms with Crippen molar-refractivity contribution in [3.8, 4) is 51.0 Å². The van der Waals surface area contributed by atoms with Crippen molar-refractivity contribution in [3.63, 3.8) is 0 Å². The maximum absolute atomic E-state index is 6.90. The minimum Gasteiger partial charge on any atom is -0.455 e. The van der Waals surface area contributed by atoms with Crippen LogP contribution < -0.4 is 0 Å². The van der Waals surface area contributed by atoms with Crippen LogP contribution in [0.2, 0.25) is 0 Å². The Morgan fingerprint density at radius 2 is 0.855 bits per heavy atom. The minimum absolute atomic E-state index is 0.539. The van der Waals surface area contributed by atoms with Crippen LogP contribution >= 0.6 is 0 Å². The molecule has 0 saturated carbocycles. The van der Waals surface area contributed by atoms with Crippen LogP contribution in [0.15, 0.2) is 211 Å². The van der Waals surface area contributed by atoms with Gasteiger partial charge in [-0.3, -0.25) is 4.57 Å². The first kappa shape index (κ1) is 34.5. The van der Waals surface area contributed by atoms with Gasteiger partial charge in [0.25, 0.3) is 0 Å². The van der Waals surface area contributed by atoms with E-state index in [1.54, 1.807) is 0 Å². The summed E-state index contributed by atoms with van der Waals surface area (Å²) >= 11 is 0. The molecule has 0 aliphatic heterocycles. The molecule has 0 bridgehead atoms. The van der Waals surface area contributed by atoms with Gasteiger partial charge in [0.1, 0.15) is 11.2 Å². The summed E-state index contributed by atoms with van der Waals surface area (Å²) in [4.78, 5) is 16.0. The molecule has 0 N–H and O–H groups in total. The van der Waals surface area contributed by atoms with E-state index in [1.165, 1.54) is 26.9 Å². The Morgan fingerprint density at radius 3 is 1.60 bits per heavy atom. The number of fused-ring (bicyclic) bond motifs is 13. The van der Waals surface area contributed by atoms with E-state index >= 15 is 0 Å². The highest BCUT2D eigenvalue weighted by Crippen LogP contribution is 2.47. The van der Waals surface area contributed by atoms with Gasteiger partial charge >= 0.3 is 0 Å². The maximum Gasteiger partial charge on any atom is 0.238 e. The van der Waals surface area contributed by atoms with Gasteiger partial charge in [-0.15, -0.1) is 0 Å². The van der Waals surface area contributed by atoms with Crippen molar-refractivity contribution in [1.29, 1.82) is 0 Å². The van der Waals surface area contributed by atoms with Gasteiger partial charge in [-0.05, 0) is 44.1 Å². The second-order valence-corrected chi connectivity index (χ2v) is 15.9. The van der Waals surface area contributed by atoms with E-state index in [1.807, 2.05) is 24.3 Å². The summed E-state index contributed by atoms with van der Waals surface area (Å²) < 4.78 is 9.19. The summed E-state index contributed by atoms with van der Waals surface area (Å²) in [6, 6.07) is 72.5. The van der Waals surface area contributed by atoms with Crippen molar-refractivity contribution in [1.82, 2.24) is 19.5 Å². The summed E-state index contributed by atoms with van der Waals surface area (Å²) in [5.74, 6) is 1.73. The molecule has 0 spiro atoms. The van der Waals surface area contributed by atoms with E-state index in [4.69, 9.17) is 19.4 Å². The zero-order chi connectivity index (χ0) is 40.7. The number of hydrogen-bond acceptors (Lipinski definition) is 4. The van der Waals surface area contributed by atoms with Crippen LogP contribution in [0.5, 0.6) is 0 Å². The van der Waals surface area contributed by atoms with Gasteiger partial charge in [0.05, 0.1) is 11.0 Å². The summed E-state index contributed by atoms with van der Waals surface area (Å²) in [5, 5.41) is 11.5. The van der Waals surface area contributed by atoms with E-state index in [2.05, 4.69) is 187 Å². The first-order chi connectivity index (χ1) is 30.8. The maximum atomic E-state index is 6.90. The number of furan rings is 1. The van der Waals surface area contributed by atoms with E-state index in [0.717, 1.165) is 82.5 Å². The first-order valence-electron chi connectivity index (χ1n) is 20.9. The van der Waals surface area contributed by atoms with Crippen LogP contribution in [0, 0.1) is 0 Å². The molecule has 13 rings (SSSR count). The summed E-state index contributed by atoms with van der Waals surface area (Å²) in [7, 11) is 0. The van der Waals surface area contributed by atoms with Gasteiger partial charge in [-0.1, -0.05) is 200 Å². The van der Waals surface area contributed by atoms with Gasteiger partial charge < -0.3 is 4.42 Å². The molecule has 0 radical (unpaired) electrons. The van der Waals surface area contributed by atoms with Gasteiger partial charge in [-0.2, -0.15) is 9.97 Å². The highest BCUT2D eigenvalue weighted by Gasteiger charge is 2.25. The molecule has 5 nitrogen and oxygen atoms in total. The third kappa shape index (κ3) is 5.18. The monoisotopic (exact) mass is 790 g/mol. The van der Waals surface area contributed by atoms with Crippen LogP contribution in [-0.2, 0) is 0 Å². The molecule has 10 aromatic carbocycles. The van der Waals surface area contributed by atoms with E-state index < -0.39 is 0 Å².